The zero-order chi connectivity index (χ0) is 13.7. The molecule has 0 N–H and O–H groups in total. The fraction of sp³-hybridized carbons (Fsp3) is 0.688. The lowest BCUT2D eigenvalue weighted by Gasteiger charge is -2.14. The predicted octanol–water partition coefficient (Wildman–Crippen LogP) is 4.75. The van der Waals surface area contributed by atoms with Gasteiger partial charge in [0.15, 0.2) is 0 Å². The minimum atomic E-state index is 0.441. The molecule has 0 radical (unpaired) electrons. The molecule has 0 saturated heterocycles. The fourth-order valence-electron chi connectivity index (χ4n) is 1.65. The number of ether oxygens (including phenoxy) is 1. The van der Waals surface area contributed by atoms with E-state index in [1.807, 2.05) is 0 Å². The normalized spacial score (nSPS) is 11.6. The number of pyridine rings is 1. The van der Waals surface area contributed by atoms with E-state index in [0.717, 1.165) is 24.6 Å². The van der Waals surface area contributed by atoms with E-state index in [1.165, 1.54) is 5.56 Å². The number of hydrogen-bond donors (Lipinski definition) is 0. The summed E-state index contributed by atoms with van der Waals surface area (Å²) in [5, 5.41) is 0. The quantitative estimate of drug-likeness (QED) is 0.725. The average molecular weight is 249 g/mol. The van der Waals surface area contributed by atoms with Crippen molar-refractivity contribution < 1.29 is 4.74 Å². The maximum Gasteiger partial charge on any atom is 0.213 e. The van der Waals surface area contributed by atoms with Gasteiger partial charge in [-0.3, -0.25) is 0 Å². The summed E-state index contributed by atoms with van der Waals surface area (Å²) in [6.45, 7) is 13.9. The first kappa shape index (κ1) is 15.0. The van der Waals surface area contributed by atoms with Crippen LogP contribution >= 0.6 is 0 Å². The third-order valence-electron chi connectivity index (χ3n) is 3.05. The Hall–Kier alpha value is -1.05. The van der Waals surface area contributed by atoms with E-state index in [2.05, 4.69) is 58.7 Å². The average Bonchev–Trinajstić information content (AvgIpc) is 2.28. The molecule has 1 rings (SSSR count). The number of aromatic nitrogens is 1. The van der Waals surface area contributed by atoms with E-state index in [-0.39, 0.29) is 0 Å². The Labute approximate surface area is 112 Å². The van der Waals surface area contributed by atoms with Crippen LogP contribution in [0.3, 0.4) is 0 Å². The number of hydrogen-bond acceptors (Lipinski definition) is 2. The molecule has 0 saturated carbocycles. The summed E-state index contributed by atoms with van der Waals surface area (Å²) in [6.07, 6.45) is 1.07. The van der Waals surface area contributed by atoms with Crippen LogP contribution in [-0.2, 0) is 0 Å². The Morgan fingerprint density at radius 1 is 1.00 bits per heavy atom. The lowest BCUT2D eigenvalue weighted by atomic mass is 10.0. The van der Waals surface area contributed by atoms with Crippen LogP contribution in [0.15, 0.2) is 12.1 Å². The van der Waals surface area contributed by atoms with E-state index < -0.39 is 0 Å². The molecule has 0 aromatic carbocycles. The molecule has 18 heavy (non-hydrogen) atoms. The topological polar surface area (TPSA) is 22.1 Å². The second kappa shape index (κ2) is 6.77. The van der Waals surface area contributed by atoms with Gasteiger partial charge in [0.2, 0.25) is 5.88 Å². The van der Waals surface area contributed by atoms with Crippen LogP contribution in [0.1, 0.15) is 71.1 Å². The standard InChI is InChI=1S/C16H27NO/c1-11(2)7-8-18-16-10-14(12(3)4)9-15(17-16)13(5)6/h9-13H,7-8H2,1-6H3. The largest absolute Gasteiger partial charge is 0.478 e. The van der Waals surface area contributed by atoms with Gasteiger partial charge in [-0.15, -0.1) is 0 Å². The maximum absolute atomic E-state index is 5.79. The summed E-state index contributed by atoms with van der Waals surface area (Å²) in [5.41, 5.74) is 2.44. The first-order valence-electron chi connectivity index (χ1n) is 7.04. The number of rotatable bonds is 6. The Morgan fingerprint density at radius 2 is 1.67 bits per heavy atom. The Bertz CT molecular complexity index is 343. The fourth-order valence-corrected chi connectivity index (χ4v) is 1.65. The molecular weight excluding hydrogens is 222 g/mol. The molecule has 0 aliphatic carbocycles. The summed E-state index contributed by atoms with van der Waals surface area (Å²) in [5.74, 6) is 2.41. The van der Waals surface area contributed by atoms with Crippen LogP contribution in [0.25, 0.3) is 0 Å². The zero-order valence-corrected chi connectivity index (χ0v) is 12.7. The third kappa shape index (κ3) is 4.67. The molecule has 0 aliphatic rings. The van der Waals surface area contributed by atoms with Crippen molar-refractivity contribution in [2.24, 2.45) is 5.92 Å². The van der Waals surface area contributed by atoms with Crippen molar-refractivity contribution >= 4 is 0 Å². The minimum absolute atomic E-state index is 0.441. The van der Waals surface area contributed by atoms with E-state index >= 15 is 0 Å². The molecule has 2 nitrogen and oxygen atoms in total. The van der Waals surface area contributed by atoms with Crippen molar-refractivity contribution in [3.8, 4) is 5.88 Å². The van der Waals surface area contributed by atoms with Crippen molar-refractivity contribution in [1.82, 2.24) is 4.98 Å². The van der Waals surface area contributed by atoms with Crippen LogP contribution in [0.2, 0.25) is 0 Å². The van der Waals surface area contributed by atoms with Gasteiger partial charge in [0.1, 0.15) is 0 Å². The molecule has 1 aromatic heterocycles. The van der Waals surface area contributed by atoms with Gasteiger partial charge in [0.05, 0.1) is 6.61 Å². The molecule has 102 valence electrons. The molecule has 0 fully saturated rings. The predicted molar refractivity (Wildman–Crippen MR) is 77.4 cm³/mol. The van der Waals surface area contributed by atoms with Gasteiger partial charge < -0.3 is 4.74 Å². The van der Waals surface area contributed by atoms with Crippen LogP contribution in [-0.4, -0.2) is 11.6 Å². The van der Waals surface area contributed by atoms with E-state index in [0.29, 0.717) is 17.8 Å². The van der Waals surface area contributed by atoms with Crippen molar-refractivity contribution in [1.29, 1.82) is 0 Å². The summed E-state index contributed by atoms with van der Waals surface area (Å²) in [4.78, 5) is 4.59. The van der Waals surface area contributed by atoms with Gasteiger partial charge in [-0.05, 0) is 35.8 Å². The summed E-state index contributed by atoms with van der Waals surface area (Å²) in [7, 11) is 0. The smallest absolute Gasteiger partial charge is 0.213 e. The van der Waals surface area contributed by atoms with Gasteiger partial charge in [0, 0.05) is 11.8 Å². The number of nitrogens with zero attached hydrogens (tertiary/aromatic N) is 1. The third-order valence-corrected chi connectivity index (χ3v) is 3.05. The van der Waals surface area contributed by atoms with Crippen molar-refractivity contribution in [2.75, 3.05) is 6.61 Å². The van der Waals surface area contributed by atoms with E-state index in [4.69, 9.17) is 4.74 Å². The summed E-state index contributed by atoms with van der Waals surface area (Å²) < 4.78 is 5.79. The SMILES string of the molecule is CC(C)CCOc1cc(C(C)C)cc(C(C)C)n1. The summed E-state index contributed by atoms with van der Waals surface area (Å²) in [6, 6.07) is 4.28. The lowest BCUT2D eigenvalue weighted by molar-refractivity contribution is 0.278. The Balaban J connectivity index is 2.83. The highest BCUT2D eigenvalue weighted by Crippen LogP contribution is 2.24. The van der Waals surface area contributed by atoms with Gasteiger partial charge in [-0.2, -0.15) is 0 Å². The molecule has 1 heterocycles. The van der Waals surface area contributed by atoms with Crippen LogP contribution in [0, 0.1) is 5.92 Å². The van der Waals surface area contributed by atoms with Crippen LogP contribution < -0.4 is 4.74 Å². The lowest BCUT2D eigenvalue weighted by Crippen LogP contribution is -2.05. The molecule has 2 heteroatoms. The minimum Gasteiger partial charge on any atom is -0.478 e. The molecule has 0 atom stereocenters. The van der Waals surface area contributed by atoms with Crippen molar-refractivity contribution in [2.45, 2.75) is 59.8 Å². The van der Waals surface area contributed by atoms with E-state index in [1.54, 1.807) is 0 Å². The molecule has 1 aromatic rings. The van der Waals surface area contributed by atoms with Gasteiger partial charge >= 0.3 is 0 Å². The Morgan fingerprint density at radius 3 is 2.17 bits per heavy atom. The highest BCUT2D eigenvalue weighted by atomic mass is 16.5. The van der Waals surface area contributed by atoms with E-state index in [9.17, 15) is 0 Å². The second-order valence-electron chi connectivity index (χ2n) is 6.00. The monoisotopic (exact) mass is 249 g/mol. The van der Waals surface area contributed by atoms with Crippen LogP contribution in [0.4, 0.5) is 0 Å². The zero-order valence-electron chi connectivity index (χ0n) is 12.7. The molecule has 0 bridgehead atoms. The first-order chi connectivity index (χ1) is 8.40. The first-order valence-corrected chi connectivity index (χ1v) is 7.04. The van der Waals surface area contributed by atoms with Crippen LogP contribution in [0.5, 0.6) is 5.88 Å². The molecule has 0 unspecified atom stereocenters. The maximum atomic E-state index is 5.79. The molecule has 0 amide bonds. The van der Waals surface area contributed by atoms with Crippen molar-refractivity contribution in [3.05, 3.63) is 23.4 Å². The highest BCUT2D eigenvalue weighted by molar-refractivity contribution is 5.28. The molecular formula is C16H27NO. The van der Waals surface area contributed by atoms with Gasteiger partial charge in [-0.25, -0.2) is 4.98 Å². The second-order valence-corrected chi connectivity index (χ2v) is 6.00. The summed E-state index contributed by atoms with van der Waals surface area (Å²) >= 11 is 0. The van der Waals surface area contributed by atoms with Crippen molar-refractivity contribution in [3.63, 3.8) is 0 Å². The Kier molecular flexibility index (Phi) is 5.64. The molecule has 0 aliphatic heterocycles. The van der Waals surface area contributed by atoms with Gasteiger partial charge in [0.25, 0.3) is 0 Å². The molecule has 0 spiro atoms. The highest BCUT2D eigenvalue weighted by Gasteiger charge is 2.09. The van der Waals surface area contributed by atoms with Gasteiger partial charge in [-0.1, -0.05) is 41.5 Å².